The quantitative estimate of drug-likeness (QED) is 0.608. The second-order valence-electron chi connectivity index (χ2n) is 4.17. The van der Waals surface area contributed by atoms with E-state index in [-0.39, 0.29) is 12.1 Å². The van der Waals surface area contributed by atoms with Gasteiger partial charge >= 0.3 is 5.97 Å². The summed E-state index contributed by atoms with van der Waals surface area (Å²) in [5.74, 6) is -0.313. The predicted molar refractivity (Wildman–Crippen MR) is 85.5 cm³/mol. The Morgan fingerprint density at radius 1 is 1.25 bits per heavy atom. The number of fused-ring (bicyclic) bond motifs is 1. The van der Waals surface area contributed by atoms with Gasteiger partial charge in [-0.2, -0.15) is 0 Å². The zero-order valence-electron chi connectivity index (χ0n) is 10.5. The molecule has 3 nitrogen and oxygen atoms in total. The van der Waals surface area contributed by atoms with Crippen molar-refractivity contribution in [2.75, 3.05) is 0 Å². The first kappa shape index (κ1) is 13.7. The van der Waals surface area contributed by atoms with E-state index < -0.39 is 0 Å². The average Bonchev–Trinajstić information content (AvgIpc) is 3.04. The molecule has 1 atom stereocenters. The maximum absolute atomic E-state index is 12.0. The number of esters is 1. The molecule has 2 aromatic heterocycles. The lowest BCUT2D eigenvalue weighted by Crippen LogP contribution is -2.07. The zero-order valence-corrected chi connectivity index (χ0v) is 13.7. The lowest BCUT2D eigenvalue weighted by atomic mass is 10.3. The van der Waals surface area contributed by atoms with Gasteiger partial charge in [-0.15, -0.1) is 22.7 Å². The molecular weight excluding hydrogens is 358 g/mol. The number of halogens is 1. The summed E-state index contributed by atoms with van der Waals surface area (Å²) in [4.78, 5) is 17.1. The van der Waals surface area contributed by atoms with Crippen molar-refractivity contribution in [1.29, 1.82) is 0 Å². The monoisotopic (exact) mass is 367 g/mol. The van der Waals surface area contributed by atoms with E-state index in [0.717, 1.165) is 19.0 Å². The van der Waals surface area contributed by atoms with Crippen molar-refractivity contribution in [2.45, 2.75) is 13.0 Å². The van der Waals surface area contributed by atoms with E-state index in [2.05, 4.69) is 20.9 Å². The van der Waals surface area contributed by atoms with Crippen molar-refractivity contribution in [2.24, 2.45) is 0 Å². The van der Waals surface area contributed by atoms with Crippen LogP contribution in [0.1, 0.15) is 27.7 Å². The van der Waals surface area contributed by atoms with Gasteiger partial charge in [0.1, 0.15) is 9.88 Å². The van der Waals surface area contributed by atoms with Crippen LogP contribution >= 0.6 is 38.6 Å². The number of nitrogens with zero attached hydrogens (tertiary/aromatic N) is 1. The Morgan fingerprint density at radius 3 is 2.75 bits per heavy atom. The van der Waals surface area contributed by atoms with Crippen LogP contribution in [0, 0.1) is 0 Å². The molecule has 0 aliphatic rings. The molecule has 2 heterocycles. The SMILES string of the molecule is C[C@H](OC(=O)c1ccc(Br)s1)c1nc2ccccc2s1. The third-order valence-electron chi connectivity index (χ3n) is 2.72. The first-order valence-electron chi connectivity index (χ1n) is 5.95. The Hall–Kier alpha value is -1.24. The third-order valence-corrected chi connectivity index (χ3v) is 5.52. The Kier molecular flexibility index (Phi) is 3.87. The lowest BCUT2D eigenvalue weighted by molar-refractivity contribution is 0.0343. The van der Waals surface area contributed by atoms with Gasteiger partial charge in [-0.05, 0) is 47.1 Å². The highest BCUT2D eigenvalue weighted by Crippen LogP contribution is 2.29. The number of hydrogen-bond donors (Lipinski definition) is 0. The van der Waals surface area contributed by atoms with Crippen molar-refractivity contribution in [3.63, 3.8) is 0 Å². The largest absolute Gasteiger partial charge is 0.451 e. The number of carbonyl (C=O) groups excluding carboxylic acids is 1. The number of ether oxygens (including phenoxy) is 1. The highest BCUT2D eigenvalue weighted by atomic mass is 79.9. The standard InChI is InChI=1S/C14H10BrNO2S2/c1-8(18-14(17)11-6-7-12(15)19-11)13-16-9-4-2-3-5-10(9)20-13/h2-8H,1H3/t8-/m0/s1. The molecule has 0 bridgehead atoms. The van der Waals surface area contributed by atoms with Crippen molar-refractivity contribution >= 4 is 54.8 Å². The van der Waals surface area contributed by atoms with Gasteiger partial charge in [0.25, 0.3) is 0 Å². The Labute approximate surface area is 132 Å². The van der Waals surface area contributed by atoms with Gasteiger partial charge in [0.05, 0.1) is 14.0 Å². The van der Waals surface area contributed by atoms with Crippen LogP contribution in [0.25, 0.3) is 10.2 Å². The van der Waals surface area contributed by atoms with Crippen LogP contribution in [0.4, 0.5) is 0 Å². The lowest BCUT2D eigenvalue weighted by Gasteiger charge is -2.09. The van der Waals surface area contributed by atoms with Gasteiger partial charge in [0.15, 0.2) is 6.10 Å². The molecule has 0 saturated heterocycles. The number of para-hydroxylation sites is 1. The summed E-state index contributed by atoms with van der Waals surface area (Å²) >= 11 is 6.25. The molecule has 0 aliphatic carbocycles. The van der Waals surface area contributed by atoms with Gasteiger partial charge < -0.3 is 4.74 Å². The summed E-state index contributed by atoms with van der Waals surface area (Å²) in [6.45, 7) is 1.85. The number of hydrogen-bond acceptors (Lipinski definition) is 5. The number of rotatable bonds is 3. The molecule has 102 valence electrons. The molecular formula is C14H10BrNO2S2. The molecule has 3 rings (SSSR count). The fourth-order valence-corrected chi connectivity index (χ4v) is 3.97. The maximum atomic E-state index is 12.0. The smallest absolute Gasteiger partial charge is 0.349 e. The number of carbonyl (C=O) groups is 1. The Balaban J connectivity index is 1.78. The topological polar surface area (TPSA) is 39.2 Å². The molecule has 0 saturated carbocycles. The number of thiophene rings is 1. The summed E-state index contributed by atoms with van der Waals surface area (Å²) in [5.41, 5.74) is 0.939. The normalized spacial score (nSPS) is 12.5. The van der Waals surface area contributed by atoms with E-state index in [9.17, 15) is 4.79 Å². The summed E-state index contributed by atoms with van der Waals surface area (Å²) < 4.78 is 7.48. The first-order chi connectivity index (χ1) is 9.63. The number of benzene rings is 1. The van der Waals surface area contributed by atoms with Gasteiger partial charge in [-0.25, -0.2) is 9.78 Å². The van der Waals surface area contributed by atoms with Crippen LogP contribution in [0.15, 0.2) is 40.2 Å². The molecule has 6 heteroatoms. The zero-order chi connectivity index (χ0) is 14.1. The molecule has 0 aliphatic heterocycles. The van der Waals surface area contributed by atoms with Crippen LogP contribution in [-0.4, -0.2) is 11.0 Å². The summed E-state index contributed by atoms with van der Waals surface area (Å²) in [6.07, 6.45) is -0.347. The fourth-order valence-electron chi connectivity index (χ4n) is 1.76. The highest BCUT2D eigenvalue weighted by molar-refractivity contribution is 9.11. The molecule has 0 radical (unpaired) electrons. The molecule has 0 fully saturated rings. The van der Waals surface area contributed by atoms with E-state index in [1.165, 1.54) is 11.3 Å². The molecule has 20 heavy (non-hydrogen) atoms. The predicted octanol–water partition coefficient (Wildman–Crippen LogP) is 5.04. The van der Waals surface area contributed by atoms with Crippen molar-refractivity contribution in [3.05, 3.63) is 50.1 Å². The molecule has 0 amide bonds. The van der Waals surface area contributed by atoms with Crippen LogP contribution in [-0.2, 0) is 4.74 Å². The number of aromatic nitrogens is 1. The third kappa shape index (κ3) is 2.77. The minimum absolute atomic E-state index is 0.313. The minimum Gasteiger partial charge on any atom is -0.451 e. The number of thiazole rings is 1. The maximum Gasteiger partial charge on any atom is 0.349 e. The summed E-state index contributed by atoms with van der Waals surface area (Å²) in [7, 11) is 0. The second kappa shape index (κ2) is 5.63. The van der Waals surface area contributed by atoms with Gasteiger partial charge in [-0.3, -0.25) is 0 Å². The summed E-state index contributed by atoms with van der Waals surface area (Å²) in [5, 5.41) is 0.815. The van der Waals surface area contributed by atoms with Crippen LogP contribution in [0.2, 0.25) is 0 Å². The Bertz CT molecular complexity index is 732. The minimum atomic E-state index is -0.347. The van der Waals surface area contributed by atoms with E-state index in [1.54, 1.807) is 17.4 Å². The molecule has 0 N–H and O–H groups in total. The highest BCUT2D eigenvalue weighted by Gasteiger charge is 2.18. The van der Waals surface area contributed by atoms with Crippen LogP contribution < -0.4 is 0 Å². The van der Waals surface area contributed by atoms with Crippen molar-refractivity contribution in [3.8, 4) is 0 Å². The van der Waals surface area contributed by atoms with E-state index >= 15 is 0 Å². The van der Waals surface area contributed by atoms with E-state index in [0.29, 0.717) is 4.88 Å². The molecule has 1 aromatic carbocycles. The van der Waals surface area contributed by atoms with Gasteiger partial charge in [-0.1, -0.05) is 12.1 Å². The van der Waals surface area contributed by atoms with Gasteiger partial charge in [0.2, 0.25) is 0 Å². The van der Waals surface area contributed by atoms with E-state index in [4.69, 9.17) is 4.74 Å². The van der Waals surface area contributed by atoms with Crippen LogP contribution in [0.5, 0.6) is 0 Å². The van der Waals surface area contributed by atoms with Gasteiger partial charge in [0, 0.05) is 0 Å². The summed E-state index contributed by atoms with van der Waals surface area (Å²) in [6, 6.07) is 11.5. The molecule has 3 aromatic rings. The van der Waals surface area contributed by atoms with Crippen molar-refractivity contribution in [1.82, 2.24) is 4.98 Å². The average molecular weight is 368 g/mol. The fraction of sp³-hybridized carbons (Fsp3) is 0.143. The first-order valence-corrected chi connectivity index (χ1v) is 8.38. The molecule has 0 spiro atoms. The molecule has 0 unspecified atom stereocenters. The van der Waals surface area contributed by atoms with Crippen LogP contribution in [0.3, 0.4) is 0 Å². The Morgan fingerprint density at radius 2 is 2.05 bits per heavy atom. The van der Waals surface area contributed by atoms with E-state index in [1.807, 2.05) is 37.3 Å². The second-order valence-corrected chi connectivity index (χ2v) is 7.70. The van der Waals surface area contributed by atoms with Crippen molar-refractivity contribution < 1.29 is 9.53 Å².